The van der Waals surface area contributed by atoms with Crippen LogP contribution >= 0.6 is 24.0 Å². The minimum atomic E-state index is -0.0409. The number of rotatable bonds is 9. The Kier molecular flexibility index (Phi) is 12.8. The monoisotopic (exact) mass is 482 g/mol. The van der Waals surface area contributed by atoms with Crippen LogP contribution in [-0.4, -0.2) is 75.5 Å². The number of guanidine groups is 1. The maximum atomic E-state index is 6.26. The fourth-order valence-electron chi connectivity index (χ4n) is 3.58. The van der Waals surface area contributed by atoms with E-state index in [4.69, 9.17) is 14.5 Å². The Bertz CT molecular complexity index is 384. The molecule has 1 saturated carbocycles. The normalized spacial score (nSPS) is 21.1. The largest absolute Gasteiger partial charge is 0.379 e. The molecule has 0 unspecified atom stereocenters. The standard InChI is InChI=1S/C19H38N4O2.HI/c1-3-14-25-19(8-6-5-7-9-19)17-22-18(20-4-2)21-10-11-23-12-15-24-16-13-23;/h3-17H2,1-2H3,(H2,20,21,22);1H. The number of ether oxygens (including phenoxy) is 2. The topological polar surface area (TPSA) is 58.1 Å². The number of nitrogens with zero attached hydrogens (tertiary/aromatic N) is 2. The van der Waals surface area contributed by atoms with Crippen LogP contribution in [0.15, 0.2) is 4.99 Å². The van der Waals surface area contributed by atoms with Crippen molar-refractivity contribution < 1.29 is 9.47 Å². The van der Waals surface area contributed by atoms with Gasteiger partial charge in [-0.3, -0.25) is 9.89 Å². The lowest BCUT2D eigenvalue weighted by Crippen LogP contribution is -2.45. The molecule has 0 amide bonds. The quantitative estimate of drug-likeness (QED) is 0.301. The second-order valence-electron chi connectivity index (χ2n) is 7.17. The van der Waals surface area contributed by atoms with Gasteiger partial charge < -0.3 is 20.1 Å². The van der Waals surface area contributed by atoms with Crippen LogP contribution in [0.4, 0.5) is 0 Å². The molecule has 2 rings (SSSR count). The first kappa shape index (κ1) is 23.9. The fraction of sp³-hybridized carbons (Fsp3) is 0.947. The molecule has 0 spiro atoms. The van der Waals surface area contributed by atoms with Crippen LogP contribution in [-0.2, 0) is 9.47 Å². The zero-order valence-electron chi connectivity index (χ0n) is 16.7. The summed E-state index contributed by atoms with van der Waals surface area (Å²) in [6.07, 6.45) is 7.22. The van der Waals surface area contributed by atoms with E-state index in [1.807, 2.05) is 0 Å². The summed E-state index contributed by atoms with van der Waals surface area (Å²) in [7, 11) is 0. The Morgan fingerprint density at radius 2 is 1.85 bits per heavy atom. The minimum absolute atomic E-state index is 0. The van der Waals surface area contributed by atoms with Gasteiger partial charge in [0.2, 0.25) is 0 Å². The summed E-state index contributed by atoms with van der Waals surface area (Å²) < 4.78 is 11.7. The lowest BCUT2D eigenvalue weighted by molar-refractivity contribution is -0.0624. The molecule has 26 heavy (non-hydrogen) atoms. The predicted octanol–water partition coefficient (Wildman–Crippen LogP) is 2.62. The van der Waals surface area contributed by atoms with Crippen LogP contribution < -0.4 is 10.6 Å². The van der Waals surface area contributed by atoms with Crippen molar-refractivity contribution in [3.63, 3.8) is 0 Å². The molecule has 1 aliphatic carbocycles. The molecule has 7 heteroatoms. The third kappa shape index (κ3) is 8.71. The van der Waals surface area contributed by atoms with Crippen molar-refractivity contribution in [1.82, 2.24) is 15.5 Å². The van der Waals surface area contributed by atoms with Crippen molar-refractivity contribution in [2.24, 2.45) is 4.99 Å². The van der Waals surface area contributed by atoms with E-state index in [0.717, 1.165) is 84.3 Å². The predicted molar refractivity (Wildman–Crippen MR) is 119 cm³/mol. The van der Waals surface area contributed by atoms with Gasteiger partial charge in [0.15, 0.2) is 5.96 Å². The highest BCUT2D eigenvalue weighted by molar-refractivity contribution is 14.0. The second kappa shape index (κ2) is 14.0. The number of nitrogens with one attached hydrogen (secondary N) is 2. The maximum Gasteiger partial charge on any atom is 0.191 e. The number of morpholine rings is 1. The molecule has 2 N–H and O–H groups in total. The number of hydrogen-bond acceptors (Lipinski definition) is 4. The molecule has 1 heterocycles. The highest BCUT2D eigenvalue weighted by Crippen LogP contribution is 2.32. The van der Waals surface area contributed by atoms with Crippen LogP contribution in [0.3, 0.4) is 0 Å². The second-order valence-corrected chi connectivity index (χ2v) is 7.17. The smallest absolute Gasteiger partial charge is 0.191 e. The van der Waals surface area contributed by atoms with E-state index in [2.05, 4.69) is 29.4 Å². The molecule has 0 aromatic carbocycles. The van der Waals surface area contributed by atoms with E-state index in [0.29, 0.717) is 0 Å². The Morgan fingerprint density at radius 3 is 2.50 bits per heavy atom. The summed E-state index contributed by atoms with van der Waals surface area (Å²) >= 11 is 0. The van der Waals surface area contributed by atoms with Crippen molar-refractivity contribution in [2.75, 3.05) is 59.1 Å². The molecule has 0 aromatic rings. The zero-order valence-corrected chi connectivity index (χ0v) is 19.1. The first-order valence-electron chi connectivity index (χ1n) is 10.2. The highest BCUT2D eigenvalue weighted by atomic mass is 127. The summed E-state index contributed by atoms with van der Waals surface area (Å²) in [5.74, 6) is 0.917. The summed E-state index contributed by atoms with van der Waals surface area (Å²) in [5, 5.41) is 6.86. The summed E-state index contributed by atoms with van der Waals surface area (Å²) in [6, 6.07) is 0. The van der Waals surface area contributed by atoms with Gasteiger partial charge in [0.25, 0.3) is 0 Å². The van der Waals surface area contributed by atoms with Gasteiger partial charge in [-0.15, -0.1) is 24.0 Å². The Balaban J connectivity index is 0.00000338. The van der Waals surface area contributed by atoms with Gasteiger partial charge in [-0.2, -0.15) is 0 Å². The fourth-order valence-corrected chi connectivity index (χ4v) is 3.58. The number of aliphatic imine (C=N–C) groups is 1. The Labute approximate surface area is 176 Å². The van der Waals surface area contributed by atoms with Crippen molar-refractivity contribution in [2.45, 2.75) is 58.0 Å². The van der Waals surface area contributed by atoms with Crippen LogP contribution in [0.2, 0.25) is 0 Å². The lowest BCUT2D eigenvalue weighted by Gasteiger charge is -2.36. The lowest BCUT2D eigenvalue weighted by atomic mass is 9.84. The van der Waals surface area contributed by atoms with E-state index >= 15 is 0 Å². The summed E-state index contributed by atoms with van der Waals surface area (Å²) in [5.41, 5.74) is -0.0409. The van der Waals surface area contributed by atoms with Gasteiger partial charge in [-0.1, -0.05) is 26.2 Å². The van der Waals surface area contributed by atoms with Gasteiger partial charge in [0.05, 0.1) is 25.4 Å². The van der Waals surface area contributed by atoms with E-state index in [1.54, 1.807) is 0 Å². The molecule has 0 atom stereocenters. The van der Waals surface area contributed by atoms with Crippen LogP contribution in [0, 0.1) is 0 Å². The zero-order chi connectivity index (χ0) is 17.8. The average molecular weight is 482 g/mol. The van der Waals surface area contributed by atoms with Crippen molar-refractivity contribution in [3.8, 4) is 0 Å². The van der Waals surface area contributed by atoms with Crippen LogP contribution in [0.1, 0.15) is 52.4 Å². The van der Waals surface area contributed by atoms with E-state index in [-0.39, 0.29) is 29.6 Å². The van der Waals surface area contributed by atoms with Gasteiger partial charge in [0, 0.05) is 39.3 Å². The molecular weight excluding hydrogens is 443 g/mol. The van der Waals surface area contributed by atoms with Gasteiger partial charge >= 0.3 is 0 Å². The third-order valence-corrected chi connectivity index (χ3v) is 5.07. The molecule has 6 nitrogen and oxygen atoms in total. The van der Waals surface area contributed by atoms with Crippen molar-refractivity contribution in [3.05, 3.63) is 0 Å². The van der Waals surface area contributed by atoms with Crippen molar-refractivity contribution in [1.29, 1.82) is 0 Å². The summed E-state index contributed by atoms with van der Waals surface area (Å²) in [4.78, 5) is 7.31. The van der Waals surface area contributed by atoms with Crippen LogP contribution in [0.25, 0.3) is 0 Å². The number of hydrogen-bond donors (Lipinski definition) is 2. The third-order valence-electron chi connectivity index (χ3n) is 5.07. The van der Waals surface area contributed by atoms with E-state index < -0.39 is 0 Å². The van der Waals surface area contributed by atoms with Crippen molar-refractivity contribution >= 4 is 29.9 Å². The Hall–Kier alpha value is -0.120. The SMILES string of the molecule is CCCOC1(CN=C(NCC)NCCN2CCOCC2)CCCCC1.I. The van der Waals surface area contributed by atoms with E-state index in [9.17, 15) is 0 Å². The average Bonchev–Trinajstić information content (AvgIpc) is 2.66. The van der Waals surface area contributed by atoms with E-state index in [1.165, 1.54) is 19.3 Å². The first-order chi connectivity index (χ1) is 12.3. The molecule has 1 aliphatic heterocycles. The van der Waals surface area contributed by atoms with Gasteiger partial charge in [0.1, 0.15) is 0 Å². The maximum absolute atomic E-state index is 6.26. The first-order valence-corrected chi connectivity index (χ1v) is 10.2. The molecule has 154 valence electrons. The highest BCUT2D eigenvalue weighted by Gasteiger charge is 2.32. The summed E-state index contributed by atoms with van der Waals surface area (Å²) in [6.45, 7) is 12.5. The molecule has 2 aliphatic rings. The van der Waals surface area contributed by atoms with Gasteiger partial charge in [-0.25, -0.2) is 0 Å². The molecule has 0 bridgehead atoms. The minimum Gasteiger partial charge on any atom is -0.379 e. The molecular formula is C19H39IN4O2. The Morgan fingerprint density at radius 1 is 1.12 bits per heavy atom. The molecule has 0 aromatic heterocycles. The van der Waals surface area contributed by atoms with Crippen LogP contribution in [0.5, 0.6) is 0 Å². The van der Waals surface area contributed by atoms with Gasteiger partial charge in [-0.05, 0) is 26.2 Å². The molecule has 0 radical (unpaired) electrons. The molecule has 1 saturated heterocycles. The molecule has 2 fully saturated rings. The number of halogens is 1.